The largest absolute Gasteiger partial charge is 0.418 e. The molecule has 216 valence electrons. The van der Waals surface area contributed by atoms with Crippen molar-refractivity contribution in [3.8, 4) is 0 Å². The number of rotatable bonds is 7. The first-order valence-corrected chi connectivity index (χ1v) is 14.0. The minimum atomic E-state index is -4.72. The van der Waals surface area contributed by atoms with Crippen LogP contribution in [0.4, 0.5) is 13.2 Å². The summed E-state index contributed by atoms with van der Waals surface area (Å²) in [5.41, 5.74) is -0.356. The molecule has 1 saturated carbocycles. The number of nitrogens with zero attached hydrogens (tertiary/aromatic N) is 4. The van der Waals surface area contributed by atoms with Gasteiger partial charge in [0.25, 0.3) is 5.91 Å². The van der Waals surface area contributed by atoms with Gasteiger partial charge in [-0.25, -0.2) is 0 Å². The Hall–Kier alpha value is -2.69. The summed E-state index contributed by atoms with van der Waals surface area (Å²) in [7, 11) is 3.57. The molecule has 2 aliphatic heterocycles. The second-order valence-electron chi connectivity index (χ2n) is 11.1. The van der Waals surface area contributed by atoms with Crippen LogP contribution in [-0.2, 0) is 28.7 Å². The summed E-state index contributed by atoms with van der Waals surface area (Å²) >= 11 is 6.16. The van der Waals surface area contributed by atoms with Gasteiger partial charge in [-0.1, -0.05) is 17.7 Å². The van der Waals surface area contributed by atoms with E-state index < -0.39 is 34.8 Å². The molecule has 0 radical (unpaired) electrons. The van der Waals surface area contributed by atoms with Crippen molar-refractivity contribution in [1.82, 2.24) is 19.7 Å². The van der Waals surface area contributed by atoms with E-state index in [1.54, 1.807) is 12.0 Å². The summed E-state index contributed by atoms with van der Waals surface area (Å²) in [6, 6.07) is 7.76. The van der Waals surface area contributed by atoms with Crippen molar-refractivity contribution in [3.63, 3.8) is 0 Å². The molecule has 2 amide bonds. The number of ether oxygens (including phenoxy) is 1. The summed E-state index contributed by atoms with van der Waals surface area (Å²) in [5.74, 6) is -1.36. The normalized spacial score (nSPS) is 24.4. The molecule has 40 heavy (non-hydrogen) atoms. The van der Waals surface area contributed by atoms with E-state index in [0.29, 0.717) is 63.5 Å². The number of hydrogen-bond donors (Lipinski definition) is 0. The van der Waals surface area contributed by atoms with Crippen molar-refractivity contribution in [2.45, 2.75) is 43.9 Å². The molecule has 1 saturated heterocycles. The molecule has 3 atom stereocenters. The fourth-order valence-corrected chi connectivity index (χ4v) is 6.82. The highest BCUT2D eigenvalue weighted by Gasteiger charge is 2.67. The molecule has 2 unspecified atom stereocenters. The van der Waals surface area contributed by atoms with Crippen molar-refractivity contribution in [1.29, 1.82) is 0 Å². The predicted molar refractivity (Wildman–Crippen MR) is 144 cm³/mol. The molecule has 5 rings (SSSR count). The Morgan fingerprint density at radius 2 is 2.02 bits per heavy atom. The van der Waals surface area contributed by atoms with Crippen LogP contribution < -0.4 is 0 Å². The predicted octanol–water partition coefficient (Wildman–Crippen LogP) is 4.53. The van der Waals surface area contributed by atoms with Gasteiger partial charge >= 0.3 is 6.18 Å². The SMILES string of the molecule is COCCN(C)CC1CC12[C@H](C(=O)N1CCc3cc(Cl)ccc3C1)CCCN2C(=O)c1ncccc1C(F)(F)F. The van der Waals surface area contributed by atoms with Gasteiger partial charge in [-0.05, 0) is 74.0 Å². The van der Waals surface area contributed by atoms with Crippen molar-refractivity contribution in [3.05, 3.63) is 63.9 Å². The zero-order chi connectivity index (χ0) is 28.7. The molecule has 1 aromatic heterocycles. The Balaban J connectivity index is 1.46. The molecule has 7 nitrogen and oxygen atoms in total. The smallest absolute Gasteiger partial charge is 0.383 e. The first kappa shape index (κ1) is 28.8. The summed E-state index contributed by atoms with van der Waals surface area (Å²) in [5, 5.41) is 0.657. The second-order valence-corrected chi connectivity index (χ2v) is 11.6. The minimum absolute atomic E-state index is 0.0442. The van der Waals surface area contributed by atoms with Gasteiger partial charge in [0.15, 0.2) is 0 Å². The maximum atomic E-state index is 14.2. The topological polar surface area (TPSA) is 66.0 Å². The standard InChI is InChI=1S/C29H34ClF3N4O3/c1-35(13-14-40-2)18-21-16-28(21)24(26(38)36-12-9-19-15-22(30)8-7-20(19)17-36)6-4-11-37(28)27(39)25-23(29(31,32)33)5-3-10-34-25/h3,5,7-8,10,15,21,24H,4,6,9,11-14,16-18H2,1-2H3/t21?,24-,28?/m0/s1. The van der Waals surface area contributed by atoms with Crippen LogP contribution in [0.5, 0.6) is 0 Å². The molecule has 11 heteroatoms. The lowest BCUT2D eigenvalue weighted by molar-refractivity contribution is -0.142. The first-order chi connectivity index (χ1) is 19.1. The Morgan fingerprint density at radius 3 is 2.77 bits per heavy atom. The zero-order valence-corrected chi connectivity index (χ0v) is 23.5. The van der Waals surface area contributed by atoms with E-state index in [2.05, 4.69) is 9.88 Å². The molecule has 3 aliphatic rings. The molecular weight excluding hydrogens is 545 g/mol. The summed E-state index contributed by atoms with van der Waals surface area (Å²) in [6.07, 6.45) is -1.16. The molecular formula is C29H34ClF3N4O3. The second kappa shape index (κ2) is 11.3. The van der Waals surface area contributed by atoms with E-state index in [9.17, 15) is 22.8 Å². The van der Waals surface area contributed by atoms with Crippen LogP contribution in [-0.4, -0.2) is 84.0 Å². The number of pyridine rings is 1. The van der Waals surface area contributed by atoms with Crippen LogP contribution in [0.1, 0.15) is 46.4 Å². The Morgan fingerprint density at radius 1 is 1.23 bits per heavy atom. The summed E-state index contributed by atoms with van der Waals surface area (Å²) in [4.78, 5) is 37.4. The molecule has 1 aliphatic carbocycles. The van der Waals surface area contributed by atoms with E-state index in [4.69, 9.17) is 16.3 Å². The zero-order valence-electron chi connectivity index (χ0n) is 22.7. The third-order valence-electron chi connectivity index (χ3n) is 8.66. The summed E-state index contributed by atoms with van der Waals surface area (Å²) in [6.45, 7) is 3.07. The molecule has 3 heterocycles. The lowest BCUT2D eigenvalue weighted by Crippen LogP contribution is -2.57. The lowest BCUT2D eigenvalue weighted by atomic mass is 9.82. The number of benzene rings is 1. The maximum Gasteiger partial charge on any atom is 0.418 e. The Kier molecular flexibility index (Phi) is 8.14. The average molecular weight is 579 g/mol. The van der Waals surface area contributed by atoms with Crippen LogP contribution in [0, 0.1) is 11.8 Å². The van der Waals surface area contributed by atoms with Crippen LogP contribution in [0.15, 0.2) is 36.5 Å². The highest BCUT2D eigenvalue weighted by molar-refractivity contribution is 6.30. The number of carbonyl (C=O) groups is 2. The monoisotopic (exact) mass is 578 g/mol. The number of likely N-dealkylation sites (N-methyl/N-ethyl adjacent to an activating group) is 1. The number of alkyl halides is 3. The van der Waals surface area contributed by atoms with Gasteiger partial charge < -0.3 is 19.4 Å². The lowest BCUT2D eigenvalue weighted by Gasteiger charge is -2.45. The van der Waals surface area contributed by atoms with Gasteiger partial charge in [0.05, 0.1) is 23.6 Å². The summed E-state index contributed by atoms with van der Waals surface area (Å²) < 4.78 is 46.7. The Labute approximate surface area is 237 Å². The van der Waals surface area contributed by atoms with Crippen molar-refractivity contribution in [2.75, 3.05) is 46.9 Å². The molecule has 1 spiro atoms. The van der Waals surface area contributed by atoms with Crippen molar-refractivity contribution in [2.24, 2.45) is 11.8 Å². The maximum absolute atomic E-state index is 14.2. The molecule has 0 bridgehead atoms. The van der Waals surface area contributed by atoms with Crippen LogP contribution >= 0.6 is 11.6 Å². The number of aromatic nitrogens is 1. The van der Waals surface area contributed by atoms with E-state index in [-0.39, 0.29) is 18.4 Å². The van der Waals surface area contributed by atoms with Gasteiger partial charge in [-0.15, -0.1) is 0 Å². The third-order valence-corrected chi connectivity index (χ3v) is 8.90. The molecule has 2 aromatic rings. The highest BCUT2D eigenvalue weighted by atomic mass is 35.5. The van der Waals surface area contributed by atoms with Crippen molar-refractivity contribution < 1.29 is 27.5 Å². The number of hydrogen-bond acceptors (Lipinski definition) is 5. The van der Waals surface area contributed by atoms with Gasteiger partial charge in [0.2, 0.25) is 5.91 Å². The third kappa shape index (κ3) is 5.45. The fourth-order valence-electron chi connectivity index (χ4n) is 6.62. The van der Waals surface area contributed by atoms with E-state index in [0.717, 1.165) is 17.2 Å². The molecule has 2 fully saturated rings. The fraction of sp³-hybridized carbons (Fsp3) is 0.552. The number of fused-ring (bicyclic) bond motifs is 1. The van der Waals surface area contributed by atoms with E-state index >= 15 is 0 Å². The average Bonchev–Trinajstić information content (AvgIpc) is 3.62. The van der Waals surface area contributed by atoms with Gasteiger partial charge in [0.1, 0.15) is 5.69 Å². The quantitative estimate of drug-likeness (QED) is 0.483. The molecule has 0 N–H and O–H groups in total. The Bertz CT molecular complexity index is 1280. The molecule has 1 aromatic carbocycles. The van der Waals surface area contributed by atoms with Gasteiger partial charge in [-0.3, -0.25) is 14.6 Å². The number of likely N-dealkylation sites (tertiary alicyclic amines) is 1. The van der Waals surface area contributed by atoms with Gasteiger partial charge in [0, 0.05) is 51.1 Å². The first-order valence-electron chi connectivity index (χ1n) is 13.6. The number of piperidine rings is 1. The van der Waals surface area contributed by atoms with Gasteiger partial charge in [-0.2, -0.15) is 13.2 Å². The van der Waals surface area contributed by atoms with Crippen LogP contribution in [0.25, 0.3) is 0 Å². The van der Waals surface area contributed by atoms with E-state index in [1.807, 2.05) is 30.1 Å². The number of halogens is 4. The number of carbonyl (C=O) groups excluding carboxylic acids is 2. The number of amides is 2. The minimum Gasteiger partial charge on any atom is -0.383 e. The van der Waals surface area contributed by atoms with E-state index in [1.165, 1.54) is 12.3 Å². The van der Waals surface area contributed by atoms with Crippen molar-refractivity contribution >= 4 is 23.4 Å². The van der Waals surface area contributed by atoms with Crippen LogP contribution in [0.2, 0.25) is 5.02 Å². The number of methoxy groups -OCH3 is 1. The highest BCUT2D eigenvalue weighted by Crippen LogP contribution is 2.58. The van der Waals surface area contributed by atoms with Crippen LogP contribution in [0.3, 0.4) is 0 Å².